The third-order valence-corrected chi connectivity index (χ3v) is 3.69. The molecular weight excluding hydrogens is 262 g/mol. The van der Waals surface area contributed by atoms with Gasteiger partial charge in [-0.3, -0.25) is 9.78 Å². The standard InChI is InChI=1S/C14H20ClN3O/c1-2-8-18(10-11-4-3-6-17-11)14(19)12-5-7-16-9-13(12)15/h5,7,9,11,17H,2-4,6,8,10H2,1H3. The van der Waals surface area contributed by atoms with Crippen LogP contribution in [-0.2, 0) is 0 Å². The van der Waals surface area contributed by atoms with Gasteiger partial charge in [-0.25, -0.2) is 0 Å². The molecule has 1 aliphatic rings. The van der Waals surface area contributed by atoms with E-state index in [1.165, 1.54) is 12.6 Å². The maximum atomic E-state index is 12.5. The van der Waals surface area contributed by atoms with Gasteiger partial charge in [0.15, 0.2) is 0 Å². The SMILES string of the molecule is CCCN(CC1CCCN1)C(=O)c1ccncc1Cl. The third-order valence-electron chi connectivity index (χ3n) is 3.39. The fourth-order valence-electron chi connectivity index (χ4n) is 2.44. The maximum Gasteiger partial charge on any atom is 0.255 e. The Morgan fingerprint density at radius 2 is 2.47 bits per heavy atom. The highest BCUT2D eigenvalue weighted by atomic mass is 35.5. The minimum Gasteiger partial charge on any atom is -0.337 e. The summed E-state index contributed by atoms with van der Waals surface area (Å²) in [7, 11) is 0. The molecule has 1 saturated heterocycles. The Kier molecular flexibility index (Phi) is 5.16. The summed E-state index contributed by atoms with van der Waals surface area (Å²) >= 11 is 6.05. The predicted molar refractivity (Wildman–Crippen MR) is 76.5 cm³/mol. The van der Waals surface area contributed by atoms with Gasteiger partial charge in [-0.15, -0.1) is 0 Å². The van der Waals surface area contributed by atoms with E-state index in [-0.39, 0.29) is 5.91 Å². The number of hydrogen-bond donors (Lipinski definition) is 1. The van der Waals surface area contributed by atoms with Crippen molar-refractivity contribution in [2.45, 2.75) is 32.2 Å². The highest BCUT2D eigenvalue weighted by molar-refractivity contribution is 6.33. The van der Waals surface area contributed by atoms with Gasteiger partial charge in [0.2, 0.25) is 0 Å². The molecule has 5 heteroatoms. The largest absolute Gasteiger partial charge is 0.337 e. The minimum absolute atomic E-state index is 0.00273. The van der Waals surface area contributed by atoms with Crippen LogP contribution >= 0.6 is 11.6 Å². The average Bonchev–Trinajstić information content (AvgIpc) is 2.91. The molecule has 0 aromatic carbocycles. The summed E-state index contributed by atoms with van der Waals surface area (Å²) in [6.45, 7) is 4.65. The quantitative estimate of drug-likeness (QED) is 0.901. The normalized spacial score (nSPS) is 18.5. The number of pyridine rings is 1. The molecule has 1 amide bonds. The zero-order chi connectivity index (χ0) is 13.7. The summed E-state index contributed by atoms with van der Waals surface area (Å²) in [6, 6.07) is 2.10. The zero-order valence-electron chi connectivity index (χ0n) is 11.2. The Balaban J connectivity index is 2.09. The molecule has 2 heterocycles. The van der Waals surface area contributed by atoms with Crippen molar-refractivity contribution in [3.63, 3.8) is 0 Å². The van der Waals surface area contributed by atoms with Crippen LogP contribution in [0.1, 0.15) is 36.5 Å². The second-order valence-electron chi connectivity index (χ2n) is 4.90. The van der Waals surface area contributed by atoms with Crippen LogP contribution in [0, 0.1) is 0 Å². The van der Waals surface area contributed by atoms with Crippen molar-refractivity contribution in [1.82, 2.24) is 15.2 Å². The van der Waals surface area contributed by atoms with Gasteiger partial charge in [0, 0.05) is 31.5 Å². The summed E-state index contributed by atoms with van der Waals surface area (Å²) in [5.41, 5.74) is 0.545. The fraction of sp³-hybridized carbons (Fsp3) is 0.571. The molecule has 0 radical (unpaired) electrons. The van der Waals surface area contributed by atoms with Gasteiger partial charge in [0.05, 0.1) is 10.6 Å². The van der Waals surface area contributed by atoms with Crippen LogP contribution in [-0.4, -0.2) is 41.5 Å². The van der Waals surface area contributed by atoms with Crippen LogP contribution in [0.3, 0.4) is 0 Å². The second-order valence-corrected chi connectivity index (χ2v) is 5.31. The van der Waals surface area contributed by atoms with Crippen molar-refractivity contribution in [1.29, 1.82) is 0 Å². The van der Waals surface area contributed by atoms with E-state index in [0.717, 1.165) is 32.5 Å². The molecule has 0 aliphatic carbocycles. The monoisotopic (exact) mass is 281 g/mol. The first-order chi connectivity index (χ1) is 9.22. The lowest BCUT2D eigenvalue weighted by Gasteiger charge is -2.25. The molecule has 0 saturated carbocycles. The van der Waals surface area contributed by atoms with Gasteiger partial charge in [-0.1, -0.05) is 18.5 Å². The van der Waals surface area contributed by atoms with Gasteiger partial charge in [0.25, 0.3) is 5.91 Å². The van der Waals surface area contributed by atoms with Gasteiger partial charge >= 0.3 is 0 Å². The number of rotatable bonds is 5. The lowest BCUT2D eigenvalue weighted by atomic mass is 10.1. The van der Waals surface area contributed by atoms with E-state index in [9.17, 15) is 4.79 Å². The number of nitrogens with zero attached hydrogens (tertiary/aromatic N) is 2. The first-order valence-corrected chi connectivity index (χ1v) is 7.22. The molecule has 104 valence electrons. The molecule has 2 rings (SSSR count). The molecule has 1 aromatic rings. The smallest absolute Gasteiger partial charge is 0.255 e. The first kappa shape index (κ1) is 14.3. The van der Waals surface area contributed by atoms with Crippen molar-refractivity contribution in [3.8, 4) is 0 Å². The van der Waals surface area contributed by atoms with Crippen LogP contribution in [0.2, 0.25) is 5.02 Å². The highest BCUT2D eigenvalue weighted by Gasteiger charge is 2.23. The van der Waals surface area contributed by atoms with Crippen molar-refractivity contribution < 1.29 is 4.79 Å². The molecule has 1 atom stereocenters. The molecule has 19 heavy (non-hydrogen) atoms. The van der Waals surface area contributed by atoms with Crippen LogP contribution in [0.4, 0.5) is 0 Å². The number of carbonyl (C=O) groups excluding carboxylic acids is 1. The van der Waals surface area contributed by atoms with Crippen molar-refractivity contribution >= 4 is 17.5 Å². The van der Waals surface area contributed by atoms with E-state index in [1.807, 2.05) is 4.90 Å². The molecule has 4 nitrogen and oxygen atoms in total. The van der Waals surface area contributed by atoms with Crippen molar-refractivity contribution in [2.75, 3.05) is 19.6 Å². The van der Waals surface area contributed by atoms with Gasteiger partial charge < -0.3 is 10.2 Å². The second kappa shape index (κ2) is 6.87. The summed E-state index contributed by atoms with van der Waals surface area (Å²) in [5, 5.41) is 3.85. The Morgan fingerprint density at radius 1 is 1.63 bits per heavy atom. The van der Waals surface area contributed by atoms with E-state index in [2.05, 4.69) is 17.2 Å². The molecule has 1 fully saturated rings. The van der Waals surface area contributed by atoms with E-state index >= 15 is 0 Å². The Hall–Kier alpha value is -1.13. The number of hydrogen-bond acceptors (Lipinski definition) is 3. The number of carbonyl (C=O) groups is 1. The average molecular weight is 282 g/mol. The third kappa shape index (κ3) is 3.67. The maximum absolute atomic E-state index is 12.5. The summed E-state index contributed by atoms with van der Waals surface area (Å²) in [4.78, 5) is 18.3. The van der Waals surface area contributed by atoms with E-state index < -0.39 is 0 Å². The van der Waals surface area contributed by atoms with Crippen LogP contribution in [0.25, 0.3) is 0 Å². The van der Waals surface area contributed by atoms with Crippen LogP contribution in [0.5, 0.6) is 0 Å². The summed E-state index contributed by atoms with van der Waals surface area (Å²) < 4.78 is 0. The molecule has 0 spiro atoms. The van der Waals surface area contributed by atoms with E-state index in [0.29, 0.717) is 16.6 Å². The molecule has 0 bridgehead atoms. The van der Waals surface area contributed by atoms with Gasteiger partial charge in [0.1, 0.15) is 0 Å². The molecule has 1 aromatic heterocycles. The Labute approximate surface area is 119 Å². The summed E-state index contributed by atoms with van der Waals surface area (Å²) in [6.07, 6.45) is 6.40. The Morgan fingerprint density at radius 3 is 3.11 bits per heavy atom. The number of halogens is 1. The number of amides is 1. The summed E-state index contributed by atoms with van der Waals surface area (Å²) in [5.74, 6) is 0.00273. The molecule has 1 N–H and O–H groups in total. The van der Waals surface area contributed by atoms with Gasteiger partial charge in [-0.05, 0) is 31.9 Å². The topological polar surface area (TPSA) is 45.2 Å². The zero-order valence-corrected chi connectivity index (χ0v) is 12.0. The van der Waals surface area contributed by atoms with Crippen LogP contribution < -0.4 is 5.32 Å². The highest BCUT2D eigenvalue weighted by Crippen LogP contribution is 2.17. The molecule has 1 unspecified atom stereocenters. The van der Waals surface area contributed by atoms with E-state index in [1.54, 1.807) is 12.3 Å². The lowest BCUT2D eigenvalue weighted by Crippen LogP contribution is -2.41. The van der Waals surface area contributed by atoms with Crippen molar-refractivity contribution in [3.05, 3.63) is 29.0 Å². The predicted octanol–water partition coefficient (Wildman–Crippen LogP) is 2.34. The fourth-order valence-corrected chi connectivity index (χ4v) is 2.64. The number of aromatic nitrogens is 1. The first-order valence-electron chi connectivity index (χ1n) is 6.84. The lowest BCUT2D eigenvalue weighted by molar-refractivity contribution is 0.0742. The molecule has 1 aliphatic heterocycles. The van der Waals surface area contributed by atoms with Crippen LogP contribution in [0.15, 0.2) is 18.5 Å². The number of nitrogens with one attached hydrogen (secondary N) is 1. The molecular formula is C14H20ClN3O. The Bertz CT molecular complexity index is 432. The van der Waals surface area contributed by atoms with Crippen molar-refractivity contribution in [2.24, 2.45) is 0 Å². The van der Waals surface area contributed by atoms with Gasteiger partial charge in [-0.2, -0.15) is 0 Å². The minimum atomic E-state index is 0.00273. The van der Waals surface area contributed by atoms with E-state index in [4.69, 9.17) is 11.6 Å².